The quantitative estimate of drug-likeness (QED) is 0.599. The van der Waals surface area contributed by atoms with E-state index in [4.69, 9.17) is 9.47 Å². The van der Waals surface area contributed by atoms with Gasteiger partial charge in [-0.2, -0.15) is 0 Å². The molecule has 0 aliphatic carbocycles. The minimum absolute atomic E-state index is 0.181. The Morgan fingerprint density at radius 2 is 1.82 bits per heavy atom. The number of benzene rings is 1. The van der Waals surface area contributed by atoms with Gasteiger partial charge in [0, 0.05) is 25.3 Å². The molecule has 8 nitrogen and oxygen atoms in total. The molecule has 2 atom stereocenters. The number of urea groups is 1. The zero-order chi connectivity index (χ0) is 24.0. The molecule has 1 aromatic carbocycles. The molecule has 2 amide bonds. The second-order valence-electron chi connectivity index (χ2n) is 8.09. The van der Waals surface area contributed by atoms with Crippen molar-refractivity contribution in [1.29, 1.82) is 0 Å². The second kappa shape index (κ2) is 11.3. The van der Waals surface area contributed by atoms with Crippen molar-refractivity contribution in [3.8, 4) is 0 Å². The Morgan fingerprint density at radius 3 is 2.45 bits per heavy atom. The highest BCUT2D eigenvalue weighted by molar-refractivity contribution is 5.95. The minimum atomic E-state index is -0.763. The van der Waals surface area contributed by atoms with Gasteiger partial charge in [0.2, 0.25) is 0 Å². The van der Waals surface area contributed by atoms with E-state index in [2.05, 4.69) is 10.2 Å². The van der Waals surface area contributed by atoms with Crippen LogP contribution in [0.4, 0.5) is 9.18 Å². The Bertz CT molecular complexity index is 902. The van der Waals surface area contributed by atoms with Crippen LogP contribution in [-0.4, -0.2) is 67.2 Å². The van der Waals surface area contributed by atoms with Gasteiger partial charge in [0.1, 0.15) is 5.82 Å². The van der Waals surface area contributed by atoms with Gasteiger partial charge in [-0.1, -0.05) is 12.1 Å². The lowest BCUT2D eigenvalue weighted by Gasteiger charge is -2.39. The second-order valence-corrected chi connectivity index (χ2v) is 8.09. The number of nitrogens with zero attached hydrogens (tertiary/aromatic N) is 2. The molecular weight excluding hydrogens is 429 g/mol. The van der Waals surface area contributed by atoms with Crippen molar-refractivity contribution in [1.82, 2.24) is 15.1 Å². The van der Waals surface area contributed by atoms with E-state index in [0.29, 0.717) is 43.1 Å². The fraction of sp³-hybridized carbons (Fsp3) is 0.542. The van der Waals surface area contributed by atoms with Gasteiger partial charge < -0.3 is 14.8 Å². The third kappa shape index (κ3) is 5.71. The van der Waals surface area contributed by atoms with E-state index in [1.807, 2.05) is 6.92 Å². The van der Waals surface area contributed by atoms with Gasteiger partial charge in [-0.3, -0.25) is 14.6 Å². The summed E-state index contributed by atoms with van der Waals surface area (Å²) in [5, 5.41) is 2.87. The van der Waals surface area contributed by atoms with E-state index in [-0.39, 0.29) is 24.5 Å². The highest BCUT2D eigenvalue weighted by Gasteiger charge is 2.39. The Hall–Kier alpha value is -2.94. The summed E-state index contributed by atoms with van der Waals surface area (Å²) in [6, 6.07) is 4.59. The van der Waals surface area contributed by atoms with Gasteiger partial charge in [0.15, 0.2) is 0 Å². The van der Waals surface area contributed by atoms with Crippen LogP contribution in [-0.2, 0) is 19.1 Å². The topological polar surface area (TPSA) is 88.2 Å². The molecule has 3 rings (SSSR count). The van der Waals surface area contributed by atoms with Crippen molar-refractivity contribution < 1.29 is 28.2 Å². The number of nitrogens with one attached hydrogen (secondary N) is 1. The van der Waals surface area contributed by atoms with Crippen LogP contribution in [0.1, 0.15) is 45.2 Å². The van der Waals surface area contributed by atoms with Crippen molar-refractivity contribution in [3.05, 3.63) is 46.9 Å². The number of ether oxygens (including phenoxy) is 2. The lowest BCUT2D eigenvalue weighted by molar-refractivity contribution is -0.150. The number of esters is 2. The smallest absolute Gasteiger partial charge is 0.338 e. The lowest BCUT2D eigenvalue weighted by Crippen LogP contribution is -2.51. The summed E-state index contributed by atoms with van der Waals surface area (Å²) in [5.74, 6) is -1.40. The molecule has 0 unspecified atom stereocenters. The van der Waals surface area contributed by atoms with Gasteiger partial charge in [0.25, 0.3) is 0 Å². The third-order valence-electron chi connectivity index (χ3n) is 5.95. The molecule has 1 saturated heterocycles. The van der Waals surface area contributed by atoms with Crippen LogP contribution in [0.5, 0.6) is 0 Å². The average molecular weight is 462 g/mol. The molecule has 9 heteroatoms. The standard InChI is InChI=1S/C24H32FN3O5/c1-4-28-19(15-27-13-7-8-17(14-27)22(29)32-5-2)20(23(30)33-6-3)21(26-24(28)31)16-9-11-18(25)12-10-16/h9-12,17,21H,4-8,13-15H2,1-3H3,(H,26,31)/t17-,21+/m1/s1. The number of halogens is 1. The molecular formula is C24H32FN3O5. The van der Waals surface area contributed by atoms with Crippen molar-refractivity contribution in [2.75, 3.05) is 39.4 Å². The Balaban J connectivity index is 1.99. The number of hydrogen-bond acceptors (Lipinski definition) is 6. The van der Waals surface area contributed by atoms with Gasteiger partial charge in [-0.25, -0.2) is 14.0 Å². The fourth-order valence-corrected chi connectivity index (χ4v) is 4.43. The molecule has 2 heterocycles. The van der Waals surface area contributed by atoms with Crippen LogP contribution >= 0.6 is 0 Å². The molecule has 1 N–H and O–H groups in total. The van der Waals surface area contributed by atoms with Gasteiger partial charge in [-0.15, -0.1) is 0 Å². The first-order valence-electron chi connectivity index (χ1n) is 11.5. The van der Waals surface area contributed by atoms with Crippen molar-refractivity contribution in [2.24, 2.45) is 5.92 Å². The summed E-state index contributed by atoms with van der Waals surface area (Å²) in [6.07, 6.45) is 1.56. The molecule has 0 bridgehead atoms. The van der Waals surface area contributed by atoms with Crippen LogP contribution in [0.3, 0.4) is 0 Å². The van der Waals surface area contributed by atoms with E-state index in [1.165, 1.54) is 17.0 Å². The Morgan fingerprint density at radius 1 is 1.12 bits per heavy atom. The number of amides is 2. The molecule has 0 radical (unpaired) electrons. The van der Waals surface area contributed by atoms with Gasteiger partial charge >= 0.3 is 18.0 Å². The van der Waals surface area contributed by atoms with Gasteiger partial charge in [0.05, 0.1) is 30.7 Å². The maximum Gasteiger partial charge on any atom is 0.338 e. The molecule has 1 fully saturated rings. The predicted octanol–water partition coefficient (Wildman–Crippen LogP) is 3.00. The molecule has 0 aromatic heterocycles. The van der Waals surface area contributed by atoms with Crippen molar-refractivity contribution in [2.45, 2.75) is 39.7 Å². The number of piperidine rings is 1. The molecule has 0 spiro atoms. The molecule has 33 heavy (non-hydrogen) atoms. The summed E-state index contributed by atoms with van der Waals surface area (Å²) in [4.78, 5) is 42.0. The van der Waals surface area contributed by atoms with Crippen LogP contribution in [0.25, 0.3) is 0 Å². The number of likely N-dealkylation sites (tertiary alicyclic amines) is 1. The maximum absolute atomic E-state index is 13.5. The van der Waals surface area contributed by atoms with Crippen molar-refractivity contribution in [3.63, 3.8) is 0 Å². The van der Waals surface area contributed by atoms with Crippen LogP contribution in [0, 0.1) is 11.7 Å². The van der Waals surface area contributed by atoms with Crippen LogP contribution in [0.2, 0.25) is 0 Å². The largest absolute Gasteiger partial charge is 0.466 e. The van der Waals surface area contributed by atoms with E-state index in [9.17, 15) is 18.8 Å². The number of likely N-dealkylation sites (N-methyl/N-ethyl adjacent to an activating group) is 1. The van der Waals surface area contributed by atoms with Crippen molar-refractivity contribution >= 4 is 18.0 Å². The first-order chi connectivity index (χ1) is 15.9. The zero-order valence-electron chi connectivity index (χ0n) is 19.4. The number of carbonyl (C=O) groups excluding carboxylic acids is 3. The summed E-state index contributed by atoms with van der Waals surface area (Å²) in [5.41, 5.74) is 1.45. The Labute approximate surface area is 193 Å². The number of hydrogen-bond donors (Lipinski definition) is 1. The van der Waals surface area contributed by atoms with Crippen LogP contribution in [0.15, 0.2) is 35.5 Å². The zero-order valence-corrected chi connectivity index (χ0v) is 19.4. The van der Waals surface area contributed by atoms with E-state index in [1.54, 1.807) is 26.0 Å². The molecule has 1 aromatic rings. The van der Waals surface area contributed by atoms with Crippen LogP contribution < -0.4 is 5.32 Å². The third-order valence-corrected chi connectivity index (χ3v) is 5.95. The summed E-state index contributed by atoms with van der Waals surface area (Å²) >= 11 is 0. The summed E-state index contributed by atoms with van der Waals surface area (Å²) in [7, 11) is 0. The molecule has 180 valence electrons. The first-order valence-corrected chi connectivity index (χ1v) is 11.5. The minimum Gasteiger partial charge on any atom is -0.466 e. The SMILES string of the molecule is CCOC(=O)C1=C(CN2CCC[C@@H](C(=O)OCC)C2)N(CC)C(=O)N[C@H]1c1ccc(F)cc1. The summed E-state index contributed by atoms with van der Waals surface area (Å²) in [6.45, 7) is 7.73. The van der Waals surface area contributed by atoms with Gasteiger partial charge in [-0.05, 0) is 57.9 Å². The fourth-order valence-electron chi connectivity index (χ4n) is 4.43. The lowest BCUT2D eigenvalue weighted by atomic mass is 9.93. The van der Waals surface area contributed by atoms with E-state index < -0.39 is 17.8 Å². The predicted molar refractivity (Wildman–Crippen MR) is 120 cm³/mol. The maximum atomic E-state index is 13.5. The highest BCUT2D eigenvalue weighted by Crippen LogP contribution is 2.33. The molecule has 2 aliphatic heterocycles. The summed E-state index contributed by atoms with van der Waals surface area (Å²) < 4.78 is 24.1. The molecule has 2 aliphatic rings. The highest BCUT2D eigenvalue weighted by atomic mass is 19.1. The van der Waals surface area contributed by atoms with E-state index >= 15 is 0 Å². The normalized spacial score (nSPS) is 21.6. The monoisotopic (exact) mass is 461 g/mol. The molecule has 0 saturated carbocycles. The van der Waals surface area contributed by atoms with E-state index in [0.717, 1.165) is 19.4 Å². The number of carbonyl (C=O) groups is 3. The number of rotatable bonds is 8. The first kappa shape index (κ1) is 24.7. The average Bonchev–Trinajstić information content (AvgIpc) is 2.80. The Kier molecular flexibility index (Phi) is 8.43.